The summed E-state index contributed by atoms with van der Waals surface area (Å²) in [5, 5.41) is 6.55. The van der Waals surface area contributed by atoms with Crippen molar-refractivity contribution in [2.24, 2.45) is 0 Å². The van der Waals surface area contributed by atoms with Gasteiger partial charge >= 0.3 is 0 Å². The first-order valence-corrected chi connectivity index (χ1v) is 5.84. The molecule has 0 saturated carbocycles. The normalized spacial score (nSPS) is 10.1. The number of halogens is 2. The Morgan fingerprint density at radius 2 is 2.00 bits per heavy atom. The molecule has 0 bridgehead atoms. The van der Waals surface area contributed by atoms with Crippen molar-refractivity contribution in [1.29, 1.82) is 0 Å². The van der Waals surface area contributed by atoms with Crippen LogP contribution < -0.4 is 10.6 Å². The maximum Gasteiger partial charge on any atom is 0.239 e. The average Bonchev–Trinajstić information content (AvgIpc) is 2.29. The molecule has 0 atom stereocenters. The third-order valence-corrected chi connectivity index (χ3v) is 2.65. The highest BCUT2D eigenvalue weighted by molar-refractivity contribution is 6.39. The Hall–Kier alpha value is -0.970. The van der Waals surface area contributed by atoms with Crippen molar-refractivity contribution in [3.05, 3.63) is 28.2 Å². The third-order valence-electron chi connectivity index (χ3n) is 2.02. The van der Waals surface area contributed by atoms with Gasteiger partial charge in [0.25, 0.3) is 0 Å². The van der Waals surface area contributed by atoms with Crippen molar-refractivity contribution in [2.45, 2.75) is 0 Å². The highest BCUT2D eigenvalue weighted by Crippen LogP contribution is 2.29. The van der Waals surface area contributed by atoms with Gasteiger partial charge in [-0.3, -0.25) is 4.79 Å². The van der Waals surface area contributed by atoms with E-state index in [9.17, 15) is 4.79 Å². The highest BCUT2D eigenvalue weighted by atomic mass is 35.5. The number of benzene rings is 1. The maximum atomic E-state index is 11.4. The topological polar surface area (TPSA) is 50.4 Å². The van der Waals surface area contributed by atoms with Gasteiger partial charge in [0, 0.05) is 13.7 Å². The lowest BCUT2D eigenvalue weighted by molar-refractivity contribution is -0.119. The lowest BCUT2D eigenvalue weighted by Gasteiger charge is -2.10. The van der Waals surface area contributed by atoms with Crippen molar-refractivity contribution in [3.8, 4) is 0 Å². The minimum atomic E-state index is -0.141. The van der Waals surface area contributed by atoms with E-state index in [0.29, 0.717) is 28.9 Å². The zero-order valence-corrected chi connectivity index (χ0v) is 10.9. The Morgan fingerprint density at radius 1 is 1.35 bits per heavy atom. The zero-order valence-electron chi connectivity index (χ0n) is 9.43. The number of amides is 1. The van der Waals surface area contributed by atoms with E-state index in [-0.39, 0.29) is 12.5 Å². The molecule has 0 unspecified atom stereocenters. The molecule has 0 aromatic heterocycles. The molecule has 0 aliphatic carbocycles. The molecule has 0 aliphatic heterocycles. The van der Waals surface area contributed by atoms with Gasteiger partial charge in [0.05, 0.1) is 28.9 Å². The summed E-state index contributed by atoms with van der Waals surface area (Å²) in [5.74, 6) is -0.141. The fourth-order valence-corrected chi connectivity index (χ4v) is 1.72. The fraction of sp³-hybridized carbons (Fsp3) is 0.364. The molecule has 4 nitrogen and oxygen atoms in total. The monoisotopic (exact) mass is 276 g/mol. The second-order valence-electron chi connectivity index (χ2n) is 3.29. The summed E-state index contributed by atoms with van der Waals surface area (Å²) in [7, 11) is 1.58. The van der Waals surface area contributed by atoms with Crippen LogP contribution in [0.2, 0.25) is 10.0 Å². The van der Waals surface area contributed by atoms with Gasteiger partial charge in [0.15, 0.2) is 0 Å². The zero-order chi connectivity index (χ0) is 12.7. The van der Waals surface area contributed by atoms with Crippen molar-refractivity contribution < 1.29 is 9.53 Å². The first kappa shape index (κ1) is 14.1. The van der Waals surface area contributed by atoms with Crippen molar-refractivity contribution in [3.63, 3.8) is 0 Å². The largest absolute Gasteiger partial charge is 0.383 e. The van der Waals surface area contributed by atoms with Crippen LogP contribution in [0.1, 0.15) is 0 Å². The standard InChI is InChI=1S/C11H14Cl2N2O2/c1-17-6-5-14-10(16)7-15-11-8(12)3-2-4-9(11)13/h2-4,15H,5-7H2,1H3,(H,14,16). The van der Waals surface area contributed by atoms with Gasteiger partial charge in [-0.1, -0.05) is 29.3 Å². The Bertz CT molecular complexity index is 365. The number of nitrogens with one attached hydrogen (secondary N) is 2. The molecule has 0 saturated heterocycles. The van der Waals surface area contributed by atoms with E-state index in [0.717, 1.165) is 0 Å². The Kier molecular flexibility index (Phi) is 6.11. The predicted molar refractivity (Wildman–Crippen MR) is 69.8 cm³/mol. The molecule has 6 heteroatoms. The number of carbonyl (C=O) groups is 1. The number of rotatable bonds is 6. The maximum absolute atomic E-state index is 11.4. The molecule has 0 fully saturated rings. The van der Waals surface area contributed by atoms with Crippen molar-refractivity contribution in [1.82, 2.24) is 5.32 Å². The van der Waals surface area contributed by atoms with Gasteiger partial charge in [0.2, 0.25) is 5.91 Å². The van der Waals surface area contributed by atoms with Crippen LogP contribution in [0.5, 0.6) is 0 Å². The number of hydrogen-bond donors (Lipinski definition) is 2. The third kappa shape index (κ3) is 4.81. The van der Waals surface area contributed by atoms with E-state index < -0.39 is 0 Å². The Morgan fingerprint density at radius 3 is 2.59 bits per heavy atom. The van der Waals surface area contributed by atoms with Gasteiger partial charge in [-0.15, -0.1) is 0 Å². The van der Waals surface area contributed by atoms with Gasteiger partial charge in [-0.05, 0) is 12.1 Å². The Labute approximate surface area is 110 Å². The molecule has 0 radical (unpaired) electrons. The average molecular weight is 277 g/mol. The van der Waals surface area contributed by atoms with E-state index in [2.05, 4.69) is 10.6 Å². The van der Waals surface area contributed by atoms with Gasteiger partial charge in [0.1, 0.15) is 0 Å². The highest BCUT2D eigenvalue weighted by Gasteiger charge is 2.06. The lowest BCUT2D eigenvalue weighted by atomic mass is 10.3. The first-order valence-electron chi connectivity index (χ1n) is 5.08. The summed E-state index contributed by atoms with van der Waals surface area (Å²) < 4.78 is 4.82. The molecule has 94 valence electrons. The fourth-order valence-electron chi connectivity index (χ4n) is 1.19. The molecule has 1 aromatic carbocycles. The van der Waals surface area contributed by atoms with Crippen LogP contribution in [0.15, 0.2) is 18.2 Å². The van der Waals surface area contributed by atoms with E-state index in [1.54, 1.807) is 25.3 Å². The molecule has 0 heterocycles. The van der Waals surface area contributed by atoms with E-state index in [4.69, 9.17) is 27.9 Å². The number of methoxy groups -OCH3 is 1. The Balaban J connectivity index is 2.42. The van der Waals surface area contributed by atoms with Gasteiger partial charge in [-0.25, -0.2) is 0 Å². The molecule has 0 aliphatic rings. The van der Waals surface area contributed by atoms with Crippen LogP contribution in [0.25, 0.3) is 0 Å². The smallest absolute Gasteiger partial charge is 0.239 e. The summed E-state index contributed by atoms with van der Waals surface area (Å²) in [5.41, 5.74) is 0.567. The molecule has 1 rings (SSSR count). The molecular formula is C11H14Cl2N2O2. The molecule has 2 N–H and O–H groups in total. The minimum Gasteiger partial charge on any atom is -0.383 e. The number of ether oxygens (including phenoxy) is 1. The summed E-state index contributed by atoms with van der Waals surface area (Å²) in [6.07, 6.45) is 0. The predicted octanol–water partition coefficient (Wildman–Crippen LogP) is 2.17. The summed E-state index contributed by atoms with van der Waals surface area (Å²) >= 11 is 11.9. The molecule has 1 amide bonds. The summed E-state index contributed by atoms with van der Waals surface area (Å²) in [6.45, 7) is 1.08. The van der Waals surface area contributed by atoms with Crippen LogP contribution in [-0.2, 0) is 9.53 Å². The lowest BCUT2D eigenvalue weighted by Crippen LogP contribution is -2.32. The van der Waals surface area contributed by atoms with Crippen molar-refractivity contribution in [2.75, 3.05) is 32.1 Å². The van der Waals surface area contributed by atoms with E-state index >= 15 is 0 Å². The molecular weight excluding hydrogens is 263 g/mol. The van der Waals surface area contributed by atoms with Crippen LogP contribution in [0, 0.1) is 0 Å². The van der Waals surface area contributed by atoms with E-state index in [1.165, 1.54) is 0 Å². The van der Waals surface area contributed by atoms with Crippen LogP contribution in [0.4, 0.5) is 5.69 Å². The quantitative estimate of drug-likeness (QED) is 0.783. The minimum absolute atomic E-state index is 0.118. The molecule has 1 aromatic rings. The number of anilines is 1. The van der Waals surface area contributed by atoms with Crippen LogP contribution in [0.3, 0.4) is 0 Å². The summed E-state index contributed by atoms with van der Waals surface area (Å²) in [4.78, 5) is 11.4. The van der Waals surface area contributed by atoms with Gasteiger partial charge < -0.3 is 15.4 Å². The molecule has 0 spiro atoms. The second kappa shape index (κ2) is 7.37. The number of para-hydroxylation sites is 1. The number of hydrogen-bond acceptors (Lipinski definition) is 3. The summed E-state index contributed by atoms with van der Waals surface area (Å²) in [6, 6.07) is 5.16. The van der Waals surface area contributed by atoms with E-state index in [1.807, 2.05) is 0 Å². The number of carbonyl (C=O) groups excluding carboxylic acids is 1. The van der Waals surface area contributed by atoms with Gasteiger partial charge in [-0.2, -0.15) is 0 Å². The SMILES string of the molecule is COCCNC(=O)CNc1c(Cl)cccc1Cl. The first-order chi connectivity index (χ1) is 8.15. The van der Waals surface area contributed by atoms with Crippen LogP contribution in [-0.4, -0.2) is 32.7 Å². The second-order valence-corrected chi connectivity index (χ2v) is 4.11. The molecule has 17 heavy (non-hydrogen) atoms. The van der Waals surface area contributed by atoms with Crippen LogP contribution >= 0.6 is 23.2 Å². The van der Waals surface area contributed by atoms with Crippen molar-refractivity contribution >= 4 is 34.8 Å².